The van der Waals surface area contributed by atoms with Crippen LogP contribution < -0.4 is 20.1 Å². The van der Waals surface area contributed by atoms with Crippen molar-refractivity contribution in [3.05, 3.63) is 118 Å². The number of benzene rings is 4. The van der Waals surface area contributed by atoms with Crippen molar-refractivity contribution in [3.63, 3.8) is 0 Å². The van der Waals surface area contributed by atoms with Crippen LogP contribution in [-0.2, 0) is 21.0 Å². The van der Waals surface area contributed by atoms with Gasteiger partial charge < -0.3 is 25.2 Å². The predicted molar refractivity (Wildman–Crippen MR) is 192 cm³/mol. The molecule has 3 N–H and O–H groups in total. The molecule has 8 nitrogen and oxygen atoms in total. The van der Waals surface area contributed by atoms with E-state index < -0.39 is 41.0 Å². The Morgan fingerprint density at radius 2 is 1.41 bits per heavy atom. The predicted octanol–water partition coefficient (Wildman–Crippen LogP) is 7.52. The summed E-state index contributed by atoms with van der Waals surface area (Å²) in [5, 5.41) is 17.9. The summed E-state index contributed by atoms with van der Waals surface area (Å²) in [7, 11) is 0. The van der Waals surface area contributed by atoms with Gasteiger partial charge in [-0.05, 0) is 106 Å². The fourth-order valence-electron chi connectivity index (χ4n) is 6.77. The molecule has 2 amide bonds. The molecule has 256 valence electrons. The second kappa shape index (κ2) is 14.7. The highest BCUT2D eigenvalue weighted by Crippen LogP contribution is 2.48. The molecule has 0 spiro atoms. The molecule has 0 bridgehead atoms. The zero-order valence-corrected chi connectivity index (χ0v) is 29.3. The van der Waals surface area contributed by atoms with E-state index in [1.165, 1.54) is 6.92 Å². The summed E-state index contributed by atoms with van der Waals surface area (Å²) in [6.07, 6.45) is -0.366. The molecular weight excluding hydrogens is 616 g/mol. The molecule has 0 aliphatic heterocycles. The largest absolute Gasteiger partial charge is 0.490 e. The maximum atomic E-state index is 14.4. The van der Waals surface area contributed by atoms with Crippen LogP contribution in [0.3, 0.4) is 0 Å². The van der Waals surface area contributed by atoms with Gasteiger partial charge in [-0.3, -0.25) is 14.4 Å². The van der Waals surface area contributed by atoms with Gasteiger partial charge in [-0.2, -0.15) is 0 Å². The Balaban J connectivity index is 1.59. The number of carbonyl (C=O) groups excluding carboxylic acids is 3. The van der Waals surface area contributed by atoms with Crippen LogP contribution in [0, 0.1) is 46.5 Å². The highest BCUT2D eigenvalue weighted by molar-refractivity contribution is 6.10. The van der Waals surface area contributed by atoms with Crippen molar-refractivity contribution in [2.24, 2.45) is 11.8 Å². The molecule has 5 rings (SSSR count). The standard InChI is InChI=1S/C41H46N2O6/c1-8-48-35-21-30(18-19-34(35)49-23-29-15-9-12-24(2)20-29)36-37(39(45)42-31-16-10-13-25(3)27(31)5)33(44)22-41(7,47)38(36)40(46)43-32-17-11-14-26(4)28(32)6/h9-21,36-38,47H,8,22-23H2,1-7H3,(H,42,45)(H,43,46). The van der Waals surface area contributed by atoms with Crippen molar-refractivity contribution in [2.45, 2.75) is 73.0 Å². The van der Waals surface area contributed by atoms with Crippen LogP contribution in [0.15, 0.2) is 78.9 Å². The molecule has 1 aliphatic rings. The van der Waals surface area contributed by atoms with Gasteiger partial charge in [0.05, 0.1) is 18.1 Å². The van der Waals surface area contributed by atoms with Crippen LogP contribution in [0.25, 0.3) is 0 Å². The van der Waals surface area contributed by atoms with E-state index in [0.717, 1.165) is 33.4 Å². The Morgan fingerprint density at radius 3 is 2.02 bits per heavy atom. The van der Waals surface area contributed by atoms with Gasteiger partial charge in [-0.15, -0.1) is 0 Å². The summed E-state index contributed by atoms with van der Waals surface area (Å²) in [4.78, 5) is 42.5. The summed E-state index contributed by atoms with van der Waals surface area (Å²) >= 11 is 0. The van der Waals surface area contributed by atoms with Crippen molar-refractivity contribution in [2.75, 3.05) is 17.2 Å². The van der Waals surface area contributed by atoms with Gasteiger partial charge in [-0.25, -0.2) is 0 Å². The van der Waals surface area contributed by atoms with Crippen LogP contribution in [0.1, 0.15) is 65.1 Å². The number of anilines is 2. The Morgan fingerprint density at radius 1 is 0.796 bits per heavy atom. The molecule has 4 unspecified atom stereocenters. The number of nitrogens with one attached hydrogen (secondary N) is 2. The van der Waals surface area contributed by atoms with Gasteiger partial charge in [-0.1, -0.05) is 60.2 Å². The molecule has 8 heteroatoms. The highest BCUT2D eigenvalue weighted by Gasteiger charge is 2.56. The minimum Gasteiger partial charge on any atom is -0.490 e. The second-order valence-corrected chi connectivity index (χ2v) is 13.4. The normalized spacial score (nSPS) is 20.4. The van der Waals surface area contributed by atoms with Gasteiger partial charge in [0.15, 0.2) is 11.5 Å². The topological polar surface area (TPSA) is 114 Å². The highest BCUT2D eigenvalue weighted by atomic mass is 16.5. The van der Waals surface area contributed by atoms with Gasteiger partial charge in [0.2, 0.25) is 11.8 Å². The summed E-state index contributed by atoms with van der Waals surface area (Å²) < 4.78 is 12.2. The number of aryl methyl sites for hydroxylation is 3. The van der Waals surface area contributed by atoms with Gasteiger partial charge >= 0.3 is 0 Å². The molecular formula is C41H46N2O6. The van der Waals surface area contributed by atoms with E-state index in [0.29, 0.717) is 41.7 Å². The lowest BCUT2D eigenvalue weighted by Gasteiger charge is -2.44. The molecule has 1 fully saturated rings. The van der Waals surface area contributed by atoms with E-state index in [4.69, 9.17) is 9.47 Å². The molecule has 0 radical (unpaired) electrons. The van der Waals surface area contributed by atoms with E-state index in [-0.39, 0.29) is 6.42 Å². The molecule has 0 aromatic heterocycles. The first kappa shape index (κ1) is 35.4. The maximum Gasteiger partial charge on any atom is 0.235 e. The number of ketones is 1. The molecule has 4 aromatic rings. The maximum absolute atomic E-state index is 14.4. The van der Waals surface area contributed by atoms with Crippen molar-refractivity contribution < 1.29 is 29.0 Å². The molecule has 1 saturated carbocycles. The quantitative estimate of drug-likeness (QED) is 0.151. The van der Waals surface area contributed by atoms with E-state index in [1.54, 1.807) is 30.3 Å². The third kappa shape index (κ3) is 7.70. The number of amides is 2. The number of carbonyl (C=O) groups is 3. The fourth-order valence-corrected chi connectivity index (χ4v) is 6.77. The van der Waals surface area contributed by atoms with Crippen LogP contribution in [0.5, 0.6) is 11.5 Å². The monoisotopic (exact) mass is 662 g/mol. The van der Waals surface area contributed by atoms with Crippen LogP contribution in [0.4, 0.5) is 11.4 Å². The number of hydrogen-bond donors (Lipinski definition) is 3. The second-order valence-electron chi connectivity index (χ2n) is 13.4. The SMILES string of the molecule is CCOc1cc(C2C(C(=O)Nc3cccc(C)c3C)C(=O)CC(C)(O)C2C(=O)Nc2cccc(C)c2C)ccc1OCc1cccc(C)c1. The van der Waals surface area contributed by atoms with Crippen LogP contribution in [0.2, 0.25) is 0 Å². The summed E-state index contributed by atoms with van der Waals surface area (Å²) in [6.45, 7) is 13.7. The first-order chi connectivity index (χ1) is 23.3. The third-order valence-corrected chi connectivity index (χ3v) is 9.69. The molecule has 1 aliphatic carbocycles. The van der Waals surface area contributed by atoms with E-state index >= 15 is 0 Å². The third-order valence-electron chi connectivity index (χ3n) is 9.69. The zero-order valence-electron chi connectivity index (χ0n) is 29.3. The zero-order chi connectivity index (χ0) is 35.5. The Bertz CT molecular complexity index is 1880. The number of hydrogen-bond acceptors (Lipinski definition) is 6. The number of aliphatic hydroxyl groups is 1. The Kier molecular flexibility index (Phi) is 10.6. The number of rotatable bonds is 10. The Labute approximate surface area is 288 Å². The van der Waals surface area contributed by atoms with Gasteiger partial charge in [0, 0.05) is 23.7 Å². The lowest BCUT2D eigenvalue weighted by Crippen LogP contribution is -2.56. The average Bonchev–Trinajstić information content (AvgIpc) is 3.04. The average molecular weight is 663 g/mol. The van der Waals surface area contributed by atoms with Crippen LogP contribution >= 0.6 is 0 Å². The summed E-state index contributed by atoms with van der Waals surface area (Å²) in [6, 6.07) is 24.4. The van der Waals surface area contributed by atoms with Crippen LogP contribution in [-0.4, -0.2) is 34.9 Å². The summed E-state index contributed by atoms with van der Waals surface area (Å²) in [5.41, 5.74) is 5.78. The van der Waals surface area contributed by atoms with E-state index in [9.17, 15) is 19.5 Å². The first-order valence-corrected chi connectivity index (χ1v) is 16.7. The fraction of sp³-hybridized carbons (Fsp3) is 0.341. The minimum absolute atomic E-state index is 0.305. The summed E-state index contributed by atoms with van der Waals surface area (Å²) in [5.74, 6) is -4.07. The first-order valence-electron chi connectivity index (χ1n) is 16.7. The lowest BCUT2D eigenvalue weighted by molar-refractivity contribution is -0.150. The van der Waals surface area contributed by atoms with E-state index in [1.807, 2.05) is 90.1 Å². The molecule has 4 atom stereocenters. The number of ether oxygens (including phenoxy) is 2. The minimum atomic E-state index is -1.76. The number of Topliss-reactive ketones (excluding diaryl/α,β-unsaturated/α-hetero) is 1. The molecule has 4 aromatic carbocycles. The smallest absolute Gasteiger partial charge is 0.235 e. The Hall–Kier alpha value is -4.95. The van der Waals surface area contributed by atoms with Crippen molar-refractivity contribution >= 4 is 29.0 Å². The molecule has 0 saturated heterocycles. The molecule has 0 heterocycles. The lowest BCUT2D eigenvalue weighted by atomic mass is 9.61. The van der Waals surface area contributed by atoms with Gasteiger partial charge in [0.25, 0.3) is 0 Å². The van der Waals surface area contributed by atoms with Crippen molar-refractivity contribution in [3.8, 4) is 11.5 Å². The molecule has 49 heavy (non-hydrogen) atoms. The van der Waals surface area contributed by atoms with Gasteiger partial charge in [0.1, 0.15) is 18.3 Å². The van der Waals surface area contributed by atoms with E-state index in [2.05, 4.69) is 10.6 Å². The van der Waals surface area contributed by atoms with Crippen molar-refractivity contribution in [1.82, 2.24) is 0 Å². The van der Waals surface area contributed by atoms with Crippen molar-refractivity contribution in [1.29, 1.82) is 0 Å².